The molecule has 0 unspecified atom stereocenters. The summed E-state index contributed by atoms with van der Waals surface area (Å²) in [5.74, 6) is -2.31. The average molecular weight is 653 g/mol. The molecule has 7 N–H and O–H groups in total. The topological polar surface area (TPSA) is 263 Å². The average Bonchev–Trinajstić information content (AvgIpc) is 3.33. The minimum Gasteiger partial charge on any atom is -0.394 e. The van der Waals surface area contributed by atoms with E-state index in [1.54, 1.807) is 0 Å². The Bertz CT molecular complexity index is 984. The van der Waals surface area contributed by atoms with Gasteiger partial charge >= 0.3 is 5.97 Å². The number of nitrogens with zero attached hydrogens (tertiary/aromatic N) is 2. The molecule has 3 rings (SSSR count). The zero-order valence-corrected chi connectivity index (χ0v) is 25.0. The van der Waals surface area contributed by atoms with Gasteiger partial charge in [-0.15, -0.1) is 5.06 Å². The van der Waals surface area contributed by atoms with Gasteiger partial charge < -0.3 is 64.4 Å². The van der Waals surface area contributed by atoms with Crippen molar-refractivity contribution in [3.8, 4) is 0 Å². The van der Waals surface area contributed by atoms with Gasteiger partial charge in [0.2, 0.25) is 5.91 Å². The molecule has 10 atom stereocenters. The molecular formula is C27H44N2O16. The van der Waals surface area contributed by atoms with E-state index in [1.165, 1.54) is 11.8 Å². The Morgan fingerprint density at radius 1 is 0.778 bits per heavy atom. The maximum Gasteiger partial charge on any atom is 0.333 e. The van der Waals surface area contributed by atoms with Crippen LogP contribution in [0.2, 0.25) is 0 Å². The van der Waals surface area contributed by atoms with Gasteiger partial charge in [0.1, 0.15) is 42.7 Å². The fraction of sp³-hybridized carbons (Fsp3) is 0.852. The quantitative estimate of drug-likeness (QED) is 0.0619. The molecule has 3 fully saturated rings. The Hall–Kier alpha value is -2.36. The van der Waals surface area contributed by atoms with Gasteiger partial charge in [0.25, 0.3) is 11.8 Å². The largest absolute Gasteiger partial charge is 0.394 e. The van der Waals surface area contributed by atoms with Gasteiger partial charge in [0, 0.05) is 38.8 Å². The number of ether oxygens (including phenoxy) is 4. The number of unbranched alkanes of at least 4 members (excludes halogenated alkanes) is 1. The molecular weight excluding hydrogens is 608 g/mol. The van der Waals surface area contributed by atoms with Crippen molar-refractivity contribution in [2.45, 2.75) is 113 Å². The fourth-order valence-electron chi connectivity index (χ4n) is 4.96. The van der Waals surface area contributed by atoms with Gasteiger partial charge in [0.05, 0.1) is 25.9 Å². The standard InChI is InChI=1S/C27H44N2O16/c1-14-20(35)22(37)24(39)26(43-14)42-12-10-28(9-4-11-41-27-25(40)23(38)21(36)15(13-30)44-27)16(31)5-2-3-6-19(34)45-29-17(32)7-8-18(29)33/h14-15,20-27,30,35-40H,2-13H2,1H3/t14-,15+,20+,21+,22+,23-,24-,25-,26+,27-/m0/s1. The van der Waals surface area contributed by atoms with Crippen LogP contribution < -0.4 is 0 Å². The molecule has 3 aliphatic rings. The van der Waals surface area contributed by atoms with Crippen molar-refractivity contribution >= 4 is 23.7 Å². The Balaban J connectivity index is 1.48. The number of carbonyl (C=O) groups is 4. The SMILES string of the molecule is C[C@@H]1O[C@@H](OCCN(CCCO[C@H]2O[C@H](CO)[C@@H](O)[C@H](O)[C@@H]2O)C(=O)CCCCC(=O)ON2C(=O)CCC2=O)[C@@H](O)[C@H](O)[C@@H]1O. The van der Waals surface area contributed by atoms with Crippen molar-refractivity contribution in [1.29, 1.82) is 0 Å². The zero-order valence-electron chi connectivity index (χ0n) is 25.0. The summed E-state index contributed by atoms with van der Waals surface area (Å²) in [5.41, 5.74) is 0. The number of imide groups is 1. The Kier molecular flexibility index (Phi) is 14.5. The van der Waals surface area contributed by atoms with E-state index in [0.29, 0.717) is 5.06 Å². The molecule has 3 aliphatic heterocycles. The monoisotopic (exact) mass is 652 g/mol. The summed E-state index contributed by atoms with van der Waals surface area (Å²) < 4.78 is 21.7. The maximum atomic E-state index is 13.1. The van der Waals surface area contributed by atoms with E-state index in [2.05, 4.69) is 0 Å². The van der Waals surface area contributed by atoms with Crippen LogP contribution >= 0.6 is 0 Å². The minimum atomic E-state index is -1.61. The molecule has 45 heavy (non-hydrogen) atoms. The fourth-order valence-corrected chi connectivity index (χ4v) is 4.96. The third kappa shape index (κ3) is 10.1. The van der Waals surface area contributed by atoms with Gasteiger partial charge in [-0.05, 0) is 26.2 Å². The van der Waals surface area contributed by atoms with Crippen LogP contribution in [0.1, 0.15) is 51.9 Å². The highest BCUT2D eigenvalue weighted by Crippen LogP contribution is 2.23. The molecule has 0 spiro atoms. The van der Waals surface area contributed by atoms with Gasteiger partial charge in [-0.2, -0.15) is 0 Å². The first-order valence-corrected chi connectivity index (χ1v) is 14.9. The van der Waals surface area contributed by atoms with Gasteiger partial charge in [-0.25, -0.2) is 4.79 Å². The predicted molar refractivity (Wildman–Crippen MR) is 145 cm³/mol. The second kappa shape index (κ2) is 17.5. The summed E-state index contributed by atoms with van der Waals surface area (Å²) in [5, 5.41) is 69.8. The summed E-state index contributed by atoms with van der Waals surface area (Å²) in [6.07, 6.45) is -13.1. The van der Waals surface area contributed by atoms with E-state index in [-0.39, 0.29) is 77.2 Å². The van der Waals surface area contributed by atoms with E-state index < -0.39 is 85.8 Å². The molecule has 0 aromatic carbocycles. The molecule has 3 heterocycles. The molecule has 0 saturated carbocycles. The molecule has 0 bridgehead atoms. The summed E-state index contributed by atoms with van der Waals surface area (Å²) in [6, 6.07) is 0. The molecule has 0 aromatic heterocycles. The normalized spacial score (nSPS) is 33.8. The lowest BCUT2D eigenvalue weighted by atomic mass is 9.99. The first-order valence-electron chi connectivity index (χ1n) is 14.9. The molecule has 0 aromatic rings. The van der Waals surface area contributed by atoms with E-state index in [9.17, 15) is 54.9 Å². The maximum absolute atomic E-state index is 13.1. The molecule has 3 saturated heterocycles. The van der Waals surface area contributed by atoms with Crippen molar-refractivity contribution in [3.05, 3.63) is 0 Å². The van der Waals surface area contributed by atoms with Crippen molar-refractivity contribution in [2.75, 3.05) is 32.9 Å². The lowest BCUT2D eigenvalue weighted by Gasteiger charge is -2.39. The van der Waals surface area contributed by atoms with Crippen LogP contribution in [0.4, 0.5) is 0 Å². The van der Waals surface area contributed by atoms with Crippen molar-refractivity contribution in [1.82, 2.24) is 9.96 Å². The summed E-state index contributed by atoms with van der Waals surface area (Å²) in [6.45, 7) is 0.831. The molecule has 0 aliphatic carbocycles. The number of hydroxylamine groups is 2. The highest BCUT2D eigenvalue weighted by atomic mass is 16.7. The van der Waals surface area contributed by atoms with Crippen LogP contribution in [0.15, 0.2) is 0 Å². The first-order chi connectivity index (χ1) is 21.3. The summed E-state index contributed by atoms with van der Waals surface area (Å²) in [7, 11) is 0. The van der Waals surface area contributed by atoms with Gasteiger partial charge in [-0.3, -0.25) is 14.4 Å². The molecule has 258 valence electrons. The second-order valence-corrected chi connectivity index (χ2v) is 11.1. The minimum absolute atomic E-state index is 0.00686. The molecule has 18 nitrogen and oxygen atoms in total. The number of hydrogen-bond acceptors (Lipinski definition) is 16. The Morgan fingerprint density at radius 2 is 1.36 bits per heavy atom. The van der Waals surface area contributed by atoms with E-state index >= 15 is 0 Å². The number of amides is 3. The zero-order chi connectivity index (χ0) is 33.3. The number of rotatable bonds is 16. The summed E-state index contributed by atoms with van der Waals surface area (Å²) in [4.78, 5) is 54.5. The molecule has 3 amide bonds. The van der Waals surface area contributed by atoms with Gasteiger partial charge in [-0.1, -0.05) is 0 Å². The number of aliphatic hydroxyl groups is 7. The highest BCUT2D eigenvalue weighted by molar-refractivity contribution is 6.01. The molecule has 0 radical (unpaired) electrons. The first kappa shape index (κ1) is 37.1. The van der Waals surface area contributed by atoms with E-state index in [4.69, 9.17) is 23.8 Å². The third-order valence-electron chi connectivity index (χ3n) is 7.73. The van der Waals surface area contributed by atoms with E-state index in [1.807, 2.05) is 0 Å². The van der Waals surface area contributed by atoms with Crippen LogP contribution in [-0.4, -0.2) is 164 Å². The lowest BCUT2D eigenvalue weighted by molar-refractivity contribution is -0.301. The number of carbonyl (C=O) groups excluding carboxylic acids is 4. The molecule has 18 heteroatoms. The summed E-state index contributed by atoms with van der Waals surface area (Å²) >= 11 is 0. The van der Waals surface area contributed by atoms with Gasteiger partial charge in [0.15, 0.2) is 12.6 Å². The third-order valence-corrected chi connectivity index (χ3v) is 7.73. The van der Waals surface area contributed by atoms with Crippen LogP contribution in [0.5, 0.6) is 0 Å². The van der Waals surface area contributed by atoms with Crippen molar-refractivity contribution in [2.24, 2.45) is 0 Å². The lowest BCUT2D eigenvalue weighted by Crippen LogP contribution is -2.59. The second-order valence-electron chi connectivity index (χ2n) is 11.1. The smallest absolute Gasteiger partial charge is 0.333 e. The van der Waals surface area contributed by atoms with Crippen LogP contribution in [0.25, 0.3) is 0 Å². The Labute approximate surface area is 258 Å². The van der Waals surface area contributed by atoms with Crippen LogP contribution in [-0.2, 0) is 43.0 Å². The van der Waals surface area contributed by atoms with Crippen LogP contribution in [0.3, 0.4) is 0 Å². The highest BCUT2D eigenvalue weighted by Gasteiger charge is 2.44. The van der Waals surface area contributed by atoms with Crippen molar-refractivity contribution < 1.29 is 78.7 Å². The predicted octanol–water partition coefficient (Wildman–Crippen LogP) is -3.97. The number of aliphatic hydroxyl groups excluding tert-OH is 7. The van der Waals surface area contributed by atoms with Crippen LogP contribution in [0, 0.1) is 0 Å². The number of hydrogen-bond donors (Lipinski definition) is 7. The van der Waals surface area contributed by atoms with Crippen molar-refractivity contribution in [3.63, 3.8) is 0 Å². The van der Waals surface area contributed by atoms with E-state index in [0.717, 1.165) is 0 Å². The Morgan fingerprint density at radius 3 is 2.00 bits per heavy atom.